The van der Waals surface area contributed by atoms with Crippen molar-refractivity contribution in [2.24, 2.45) is 12.8 Å². The Morgan fingerprint density at radius 3 is 2.81 bits per heavy atom. The maximum Gasteiger partial charge on any atom is 0.267 e. The molecule has 2 aliphatic heterocycles. The number of anilines is 1. The van der Waals surface area contributed by atoms with Crippen LogP contribution in [-0.4, -0.2) is 49.5 Å². The molecule has 3 N–H and O–H groups in total. The molecule has 37 heavy (non-hydrogen) atoms. The standard InChI is InChI=1S/C28H29N7O2/c1-17-20(3-4-24(32-17)26(29)36)18-7-12-34(13-8-18)16-19-15-22-25(6-11-31-27(22)33(19)2)35-14-9-23-21(28(35)37)5-10-30-23/h3-4,6-7,9,11,14-15,30H,5,8,10,12-13,16H2,1-2H3,(H2,29,36). The molecule has 0 bridgehead atoms. The first-order chi connectivity index (χ1) is 17.9. The molecule has 0 aliphatic carbocycles. The topological polar surface area (TPSA) is 111 Å². The van der Waals surface area contributed by atoms with Crippen molar-refractivity contribution in [2.45, 2.75) is 26.3 Å². The van der Waals surface area contributed by atoms with E-state index in [0.29, 0.717) is 5.69 Å². The fourth-order valence-electron chi connectivity index (χ4n) is 5.48. The number of rotatable bonds is 5. The third-order valence-electron chi connectivity index (χ3n) is 7.51. The van der Waals surface area contributed by atoms with Gasteiger partial charge in [0.15, 0.2) is 0 Å². The highest BCUT2D eigenvalue weighted by atomic mass is 16.1. The molecule has 6 heterocycles. The fourth-order valence-corrected chi connectivity index (χ4v) is 5.48. The summed E-state index contributed by atoms with van der Waals surface area (Å²) in [6.07, 6.45) is 7.50. The summed E-state index contributed by atoms with van der Waals surface area (Å²) in [5.74, 6) is -0.510. The Morgan fingerprint density at radius 1 is 1.19 bits per heavy atom. The highest BCUT2D eigenvalue weighted by molar-refractivity contribution is 5.91. The second-order valence-corrected chi connectivity index (χ2v) is 9.73. The predicted molar refractivity (Wildman–Crippen MR) is 144 cm³/mol. The minimum atomic E-state index is -0.510. The third kappa shape index (κ3) is 4.01. The van der Waals surface area contributed by atoms with Gasteiger partial charge in [-0.1, -0.05) is 12.1 Å². The second kappa shape index (κ2) is 9.01. The van der Waals surface area contributed by atoms with Gasteiger partial charge in [-0.3, -0.25) is 19.1 Å². The molecule has 2 aliphatic rings. The minimum Gasteiger partial charge on any atom is -0.384 e. The molecule has 0 fully saturated rings. The van der Waals surface area contributed by atoms with E-state index in [1.54, 1.807) is 16.8 Å². The fraction of sp³-hybridized carbons (Fsp3) is 0.286. The molecule has 4 aromatic heterocycles. The van der Waals surface area contributed by atoms with Crippen LogP contribution in [0.4, 0.5) is 5.69 Å². The van der Waals surface area contributed by atoms with Crippen molar-refractivity contribution >= 4 is 28.2 Å². The van der Waals surface area contributed by atoms with E-state index in [9.17, 15) is 9.59 Å². The predicted octanol–water partition coefficient (Wildman–Crippen LogP) is 2.78. The van der Waals surface area contributed by atoms with Crippen LogP contribution in [0.5, 0.6) is 0 Å². The van der Waals surface area contributed by atoms with Crippen molar-refractivity contribution in [1.29, 1.82) is 0 Å². The van der Waals surface area contributed by atoms with Gasteiger partial charge in [-0.25, -0.2) is 9.97 Å². The van der Waals surface area contributed by atoms with Gasteiger partial charge in [0.1, 0.15) is 11.3 Å². The number of nitrogens with zero attached hydrogens (tertiary/aromatic N) is 5. The number of aromatic nitrogens is 4. The molecule has 9 nitrogen and oxygen atoms in total. The van der Waals surface area contributed by atoms with Gasteiger partial charge >= 0.3 is 0 Å². The van der Waals surface area contributed by atoms with Crippen LogP contribution in [0.1, 0.15) is 39.4 Å². The van der Waals surface area contributed by atoms with E-state index in [1.165, 1.54) is 5.57 Å². The summed E-state index contributed by atoms with van der Waals surface area (Å²) >= 11 is 0. The molecule has 0 saturated carbocycles. The van der Waals surface area contributed by atoms with Crippen molar-refractivity contribution < 1.29 is 4.79 Å². The number of pyridine rings is 3. The summed E-state index contributed by atoms with van der Waals surface area (Å²) in [4.78, 5) is 36.0. The zero-order valence-corrected chi connectivity index (χ0v) is 21.0. The van der Waals surface area contributed by atoms with Crippen LogP contribution in [-0.2, 0) is 20.0 Å². The number of nitrogens with two attached hydrogens (primary N) is 1. The highest BCUT2D eigenvalue weighted by Crippen LogP contribution is 2.28. The Kier molecular flexibility index (Phi) is 5.64. The zero-order valence-electron chi connectivity index (χ0n) is 21.0. The molecule has 6 rings (SSSR count). The Balaban J connectivity index is 1.26. The number of amides is 1. The first-order valence-electron chi connectivity index (χ1n) is 12.5. The summed E-state index contributed by atoms with van der Waals surface area (Å²) in [7, 11) is 2.03. The largest absolute Gasteiger partial charge is 0.384 e. The van der Waals surface area contributed by atoms with Crippen molar-refractivity contribution in [3.05, 3.63) is 87.4 Å². The van der Waals surface area contributed by atoms with Gasteiger partial charge in [-0.2, -0.15) is 0 Å². The number of carbonyl (C=O) groups excluding carboxylic acids is 1. The quantitative estimate of drug-likeness (QED) is 0.441. The third-order valence-corrected chi connectivity index (χ3v) is 7.51. The van der Waals surface area contributed by atoms with Gasteiger partial charge in [0, 0.05) is 73.6 Å². The monoisotopic (exact) mass is 495 g/mol. The van der Waals surface area contributed by atoms with E-state index in [-0.39, 0.29) is 5.56 Å². The zero-order chi connectivity index (χ0) is 25.7. The van der Waals surface area contributed by atoms with Crippen molar-refractivity contribution in [3.8, 4) is 5.69 Å². The molecular formula is C28H29N7O2. The lowest BCUT2D eigenvalue weighted by Crippen LogP contribution is -2.29. The lowest BCUT2D eigenvalue weighted by molar-refractivity contribution is 0.0995. The smallest absolute Gasteiger partial charge is 0.267 e. The Hall–Kier alpha value is -4.24. The second-order valence-electron chi connectivity index (χ2n) is 9.73. The number of hydrogen-bond acceptors (Lipinski definition) is 6. The van der Waals surface area contributed by atoms with E-state index in [0.717, 1.165) is 83.9 Å². The number of hydrogen-bond donors (Lipinski definition) is 2. The molecule has 0 saturated heterocycles. The minimum absolute atomic E-state index is 0.0303. The van der Waals surface area contributed by atoms with Crippen LogP contribution in [0.3, 0.4) is 0 Å². The maximum atomic E-state index is 13.2. The summed E-state index contributed by atoms with van der Waals surface area (Å²) in [5, 5.41) is 4.25. The van der Waals surface area contributed by atoms with Crippen LogP contribution in [0.25, 0.3) is 22.3 Å². The van der Waals surface area contributed by atoms with E-state index in [1.807, 2.05) is 38.4 Å². The number of primary amides is 1. The van der Waals surface area contributed by atoms with Crippen LogP contribution in [0, 0.1) is 6.92 Å². The first kappa shape index (κ1) is 23.2. The number of carbonyl (C=O) groups is 1. The first-order valence-corrected chi connectivity index (χ1v) is 12.5. The van der Waals surface area contributed by atoms with Gasteiger partial charge in [0.25, 0.3) is 11.5 Å². The van der Waals surface area contributed by atoms with E-state index < -0.39 is 5.91 Å². The van der Waals surface area contributed by atoms with Gasteiger partial charge in [0.2, 0.25) is 0 Å². The van der Waals surface area contributed by atoms with Crippen LogP contribution in [0.15, 0.2) is 53.6 Å². The van der Waals surface area contributed by atoms with Gasteiger partial charge in [-0.15, -0.1) is 0 Å². The van der Waals surface area contributed by atoms with Crippen molar-refractivity contribution in [3.63, 3.8) is 0 Å². The average Bonchev–Trinajstić information content (AvgIpc) is 3.50. The molecule has 0 atom stereocenters. The summed E-state index contributed by atoms with van der Waals surface area (Å²) in [6, 6.07) is 9.69. The van der Waals surface area contributed by atoms with Crippen LogP contribution < -0.4 is 16.6 Å². The number of nitrogens with one attached hydrogen (secondary N) is 1. The van der Waals surface area contributed by atoms with Crippen molar-refractivity contribution in [1.82, 2.24) is 24.0 Å². The van der Waals surface area contributed by atoms with Gasteiger partial charge < -0.3 is 15.6 Å². The maximum absolute atomic E-state index is 13.2. The molecule has 1 amide bonds. The SMILES string of the molecule is Cc1nc(C(N)=O)ccc1C1=CCN(Cc2cc3c(-n4ccc5c(c4=O)CCN5)ccnc3n2C)CC1. The van der Waals surface area contributed by atoms with Crippen LogP contribution in [0.2, 0.25) is 0 Å². The molecule has 188 valence electrons. The van der Waals surface area contributed by atoms with Crippen molar-refractivity contribution in [2.75, 3.05) is 25.0 Å². The molecule has 4 aromatic rings. The Bertz CT molecular complexity index is 1650. The Morgan fingerprint density at radius 2 is 2.05 bits per heavy atom. The summed E-state index contributed by atoms with van der Waals surface area (Å²) < 4.78 is 3.87. The Labute approximate surface area is 214 Å². The highest BCUT2D eigenvalue weighted by Gasteiger charge is 2.20. The molecular weight excluding hydrogens is 466 g/mol. The van der Waals surface area contributed by atoms with Gasteiger partial charge in [0.05, 0.1) is 5.69 Å². The molecule has 0 spiro atoms. The summed E-state index contributed by atoms with van der Waals surface area (Å²) in [5.41, 5.74) is 13.5. The number of aryl methyl sites for hydroxylation is 2. The lowest BCUT2D eigenvalue weighted by Gasteiger charge is -2.27. The molecule has 9 heteroatoms. The average molecular weight is 496 g/mol. The number of fused-ring (bicyclic) bond motifs is 2. The van der Waals surface area contributed by atoms with E-state index in [2.05, 4.69) is 36.9 Å². The van der Waals surface area contributed by atoms with E-state index >= 15 is 0 Å². The summed E-state index contributed by atoms with van der Waals surface area (Å²) in [6.45, 7) is 5.21. The molecule has 0 radical (unpaired) electrons. The van der Waals surface area contributed by atoms with E-state index in [4.69, 9.17) is 5.73 Å². The van der Waals surface area contributed by atoms with Crippen LogP contribution >= 0.6 is 0 Å². The van der Waals surface area contributed by atoms with Gasteiger partial charge in [-0.05, 0) is 55.2 Å². The molecule has 0 unspecified atom stereocenters. The normalized spacial score (nSPS) is 15.5. The molecule has 0 aromatic carbocycles. The lowest BCUT2D eigenvalue weighted by atomic mass is 9.98.